The molecule has 2 aliphatic rings. The van der Waals surface area contributed by atoms with Crippen LogP contribution in [-0.4, -0.2) is 30.5 Å². The van der Waals surface area contributed by atoms with Crippen LogP contribution in [0.4, 0.5) is 18.9 Å². The number of alkyl halides is 3. The van der Waals surface area contributed by atoms with Gasteiger partial charge < -0.3 is 10.1 Å². The Bertz CT molecular complexity index is 1130. The van der Waals surface area contributed by atoms with E-state index in [-0.39, 0.29) is 29.7 Å². The molecule has 2 unspecified atom stereocenters. The molecule has 0 aromatic heterocycles. The van der Waals surface area contributed by atoms with Gasteiger partial charge in [-0.25, -0.2) is 5.01 Å². The molecule has 7 nitrogen and oxygen atoms in total. The quantitative estimate of drug-likeness (QED) is 0.629. The number of nitrogens with one attached hydrogen (secondary N) is 2. The van der Waals surface area contributed by atoms with Gasteiger partial charge in [0, 0.05) is 12.1 Å². The Hall–Kier alpha value is -3.82. The molecule has 0 radical (unpaired) electrons. The minimum absolute atomic E-state index is 0.0429. The van der Waals surface area contributed by atoms with Crippen LogP contribution < -0.4 is 20.5 Å². The number of hydrazine groups is 1. The average Bonchev–Trinajstić information content (AvgIpc) is 2.83. The molecular weight excluding hydrogens is 451 g/mol. The summed E-state index contributed by atoms with van der Waals surface area (Å²) in [6.45, 7) is -1.35. The maximum Gasteiger partial charge on any atom is 0.422 e. The molecule has 1 saturated heterocycles. The summed E-state index contributed by atoms with van der Waals surface area (Å²) in [6, 6.07) is 12.3. The van der Waals surface area contributed by atoms with Crippen molar-refractivity contribution in [3.8, 4) is 5.75 Å². The lowest BCUT2D eigenvalue weighted by Gasteiger charge is -2.38. The average molecular weight is 473 g/mol. The zero-order chi connectivity index (χ0) is 24.3. The van der Waals surface area contributed by atoms with Crippen LogP contribution in [0.15, 0.2) is 60.7 Å². The van der Waals surface area contributed by atoms with Gasteiger partial charge in [0.2, 0.25) is 11.8 Å². The number of amides is 3. The fraction of sp³-hybridized carbons (Fsp3) is 0.292. The largest absolute Gasteiger partial charge is 0.484 e. The van der Waals surface area contributed by atoms with Crippen LogP contribution in [0, 0.1) is 11.8 Å². The molecule has 178 valence electrons. The molecule has 1 heterocycles. The Kier molecular flexibility index (Phi) is 6.58. The number of fused-ring (bicyclic) bond motifs is 1. The van der Waals surface area contributed by atoms with E-state index >= 15 is 0 Å². The summed E-state index contributed by atoms with van der Waals surface area (Å²) in [7, 11) is 0. The normalized spacial score (nSPS) is 19.9. The zero-order valence-electron chi connectivity index (χ0n) is 18.0. The van der Waals surface area contributed by atoms with Crippen LogP contribution in [0.3, 0.4) is 0 Å². The maximum atomic E-state index is 12.9. The standard InChI is InChI=1S/C24H22F3N3O4/c25-24(26,27)14-34-18-8-3-5-15(11-18)13-28-21(31)16-6-4-7-17(12-16)30-23(33)20-10-2-1-9-19(20)22(32)29-30/h1-8,11-12,19-20H,9-10,13-14H2,(H,28,31)(H,29,32). The van der Waals surface area contributed by atoms with Gasteiger partial charge in [0.05, 0.1) is 17.5 Å². The SMILES string of the molecule is O=C(NCc1cccc(OCC(F)(F)F)c1)c1cccc(N2NC(=O)C3CC=CCC3C2=O)c1. The molecule has 2 aromatic carbocycles. The van der Waals surface area contributed by atoms with Crippen molar-refractivity contribution >= 4 is 23.4 Å². The predicted octanol–water partition coefficient (Wildman–Crippen LogP) is 3.52. The number of hydrogen-bond acceptors (Lipinski definition) is 4. The molecule has 0 saturated carbocycles. The molecule has 2 N–H and O–H groups in total. The number of allylic oxidation sites excluding steroid dienone is 2. The fourth-order valence-electron chi connectivity index (χ4n) is 3.96. The zero-order valence-corrected chi connectivity index (χ0v) is 18.0. The van der Waals surface area contributed by atoms with Crippen molar-refractivity contribution in [3.05, 3.63) is 71.8 Å². The lowest BCUT2D eigenvalue weighted by atomic mass is 9.80. The monoisotopic (exact) mass is 473 g/mol. The van der Waals surface area contributed by atoms with Crippen molar-refractivity contribution in [2.75, 3.05) is 11.6 Å². The number of carbonyl (C=O) groups is 3. The van der Waals surface area contributed by atoms with Crippen molar-refractivity contribution in [3.63, 3.8) is 0 Å². The molecule has 34 heavy (non-hydrogen) atoms. The molecule has 2 aromatic rings. The first-order chi connectivity index (χ1) is 16.2. The molecule has 0 bridgehead atoms. The first-order valence-electron chi connectivity index (χ1n) is 10.7. The van der Waals surface area contributed by atoms with Gasteiger partial charge in [-0.2, -0.15) is 13.2 Å². The van der Waals surface area contributed by atoms with E-state index in [0.29, 0.717) is 24.1 Å². The van der Waals surface area contributed by atoms with Crippen molar-refractivity contribution in [2.24, 2.45) is 11.8 Å². The number of hydrogen-bond donors (Lipinski definition) is 2. The van der Waals surface area contributed by atoms with Gasteiger partial charge in [-0.3, -0.25) is 19.8 Å². The van der Waals surface area contributed by atoms with E-state index in [0.717, 1.165) is 0 Å². The molecule has 1 aliphatic heterocycles. The van der Waals surface area contributed by atoms with Gasteiger partial charge in [-0.1, -0.05) is 30.4 Å². The third-order valence-electron chi connectivity index (χ3n) is 5.65. The van der Waals surface area contributed by atoms with E-state index in [2.05, 4.69) is 10.7 Å². The van der Waals surface area contributed by atoms with Crippen molar-refractivity contribution in [2.45, 2.75) is 25.6 Å². The van der Waals surface area contributed by atoms with Crippen molar-refractivity contribution < 1.29 is 32.3 Å². The van der Waals surface area contributed by atoms with Gasteiger partial charge >= 0.3 is 6.18 Å². The number of nitrogens with zero attached hydrogens (tertiary/aromatic N) is 1. The second-order valence-electron chi connectivity index (χ2n) is 8.09. The predicted molar refractivity (Wildman–Crippen MR) is 117 cm³/mol. The number of rotatable bonds is 6. The summed E-state index contributed by atoms with van der Waals surface area (Å²) in [5, 5.41) is 3.88. The van der Waals surface area contributed by atoms with Crippen molar-refractivity contribution in [1.29, 1.82) is 0 Å². The molecule has 10 heteroatoms. The molecule has 1 aliphatic carbocycles. The fourth-order valence-corrected chi connectivity index (χ4v) is 3.96. The Morgan fingerprint density at radius 2 is 1.79 bits per heavy atom. The highest BCUT2D eigenvalue weighted by molar-refractivity contribution is 6.05. The first kappa shape index (κ1) is 23.3. The number of anilines is 1. The molecular formula is C24H22F3N3O4. The van der Waals surface area contributed by atoms with Gasteiger partial charge in [0.1, 0.15) is 5.75 Å². The minimum Gasteiger partial charge on any atom is -0.484 e. The van der Waals surface area contributed by atoms with Crippen LogP contribution in [0.25, 0.3) is 0 Å². The van der Waals surface area contributed by atoms with E-state index in [1.54, 1.807) is 24.3 Å². The highest BCUT2D eigenvalue weighted by atomic mass is 19.4. The molecule has 1 fully saturated rings. The van der Waals surface area contributed by atoms with Gasteiger partial charge in [-0.15, -0.1) is 0 Å². The van der Waals surface area contributed by atoms with Crippen LogP contribution in [-0.2, 0) is 16.1 Å². The van der Waals surface area contributed by atoms with Crippen LogP contribution in [0.5, 0.6) is 5.75 Å². The topological polar surface area (TPSA) is 87.7 Å². The summed E-state index contributed by atoms with van der Waals surface area (Å²) in [5.41, 5.74) is 3.80. The first-order valence-corrected chi connectivity index (χ1v) is 10.7. The number of carbonyl (C=O) groups excluding carboxylic acids is 3. The molecule has 2 atom stereocenters. The summed E-state index contributed by atoms with van der Waals surface area (Å²) in [5.74, 6) is -1.71. The number of halogens is 3. The third kappa shape index (κ3) is 5.38. The van der Waals surface area contributed by atoms with Crippen LogP contribution in [0.2, 0.25) is 0 Å². The smallest absolute Gasteiger partial charge is 0.422 e. The van der Waals surface area contributed by atoms with Crippen LogP contribution >= 0.6 is 0 Å². The lowest BCUT2D eigenvalue weighted by Crippen LogP contribution is -2.59. The van der Waals surface area contributed by atoms with E-state index in [9.17, 15) is 27.6 Å². The highest BCUT2D eigenvalue weighted by Crippen LogP contribution is 2.32. The molecule has 3 amide bonds. The van der Waals surface area contributed by atoms with Gasteiger partial charge in [0.15, 0.2) is 6.61 Å². The summed E-state index contributed by atoms with van der Waals surface area (Å²) >= 11 is 0. The maximum absolute atomic E-state index is 12.9. The molecule has 0 spiro atoms. The van der Waals surface area contributed by atoms with Gasteiger partial charge in [-0.05, 0) is 48.7 Å². The van der Waals surface area contributed by atoms with E-state index in [4.69, 9.17) is 4.74 Å². The number of ether oxygens (including phenoxy) is 1. The number of benzene rings is 2. The second kappa shape index (κ2) is 9.58. The summed E-state index contributed by atoms with van der Waals surface area (Å²) < 4.78 is 41.8. The third-order valence-corrected chi connectivity index (χ3v) is 5.65. The van der Waals surface area contributed by atoms with E-state index in [1.807, 2.05) is 12.2 Å². The second-order valence-corrected chi connectivity index (χ2v) is 8.09. The van der Waals surface area contributed by atoms with Crippen molar-refractivity contribution in [1.82, 2.24) is 10.7 Å². The van der Waals surface area contributed by atoms with Gasteiger partial charge in [0.25, 0.3) is 5.91 Å². The summed E-state index contributed by atoms with van der Waals surface area (Å²) in [6.07, 6.45) is 0.342. The van der Waals surface area contributed by atoms with Crippen LogP contribution in [0.1, 0.15) is 28.8 Å². The Morgan fingerprint density at radius 3 is 2.56 bits per heavy atom. The Labute approximate surface area is 193 Å². The minimum atomic E-state index is -4.45. The van der Waals surface area contributed by atoms with E-state index in [1.165, 1.54) is 29.3 Å². The lowest BCUT2D eigenvalue weighted by molar-refractivity contribution is -0.153. The Morgan fingerprint density at radius 1 is 1.06 bits per heavy atom. The summed E-state index contributed by atoms with van der Waals surface area (Å²) in [4.78, 5) is 38.1. The van der Waals surface area contributed by atoms with E-state index < -0.39 is 30.5 Å². The molecule has 4 rings (SSSR count). The highest BCUT2D eigenvalue weighted by Gasteiger charge is 2.42. The Balaban J connectivity index is 1.41.